The maximum Gasteiger partial charge on any atom is 0.210 e. The van der Waals surface area contributed by atoms with Crippen LogP contribution in [0.15, 0.2) is 84.9 Å². The minimum atomic E-state index is 0.765. The highest BCUT2D eigenvalue weighted by Gasteiger charge is 2.10. The molecule has 0 saturated carbocycles. The number of hydrogen-bond donors (Lipinski definition) is 2. The van der Waals surface area contributed by atoms with Crippen molar-refractivity contribution in [3.8, 4) is 21.1 Å². The van der Waals surface area contributed by atoms with Gasteiger partial charge in [-0.05, 0) is 24.3 Å². The summed E-state index contributed by atoms with van der Waals surface area (Å²) in [6.45, 7) is 0. The first-order valence-electron chi connectivity index (χ1n) is 9.25. The summed E-state index contributed by atoms with van der Waals surface area (Å²) in [5.74, 6) is 0. The molecule has 3 aromatic carbocycles. The second-order valence-corrected chi connectivity index (χ2v) is 8.34. The molecule has 0 saturated heterocycles. The Bertz CT molecular complexity index is 1130. The molecule has 0 aliphatic carbocycles. The van der Waals surface area contributed by atoms with Gasteiger partial charge >= 0.3 is 0 Å². The largest absolute Gasteiger partial charge is 0.330 e. The Morgan fingerprint density at radius 1 is 0.467 bits per heavy atom. The van der Waals surface area contributed by atoms with Gasteiger partial charge in [-0.25, -0.2) is 0 Å². The van der Waals surface area contributed by atoms with E-state index >= 15 is 0 Å². The zero-order valence-corrected chi connectivity index (χ0v) is 17.3. The summed E-state index contributed by atoms with van der Waals surface area (Å²) in [6.07, 6.45) is 0. The minimum Gasteiger partial charge on any atom is -0.330 e. The van der Waals surface area contributed by atoms with Crippen LogP contribution in [0.3, 0.4) is 0 Å². The number of aromatic nitrogens is 4. The molecule has 30 heavy (non-hydrogen) atoms. The molecule has 5 rings (SSSR count). The Kier molecular flexibility index (Phi) is 5.15. The SMILES string of the molecule is c1ccc(Nc2nnc(-c3ccc(-c4nnc(Nc5ccccc5)s4)cc3)s2)cc1. The fourth-order valence-electron chi connectivity index (χ4n) is 2.83. The highest BCUT2D eigenvalue weighted by molar-refractivity contribution is 7.18. The summed E-state index contributed by atoms with van der Waals surface area (Å²) in [6, 6.07) is 28.0. The van der Waals surface area contributed by atoms with Crippen LogP contribution in [0.1, 0.15) is 0 Å². The molecule has 0 spiro atoms. The van der Waals surface area contributed by atoms with Crippen LogP contribution >= 0.6 is 22.7 Å². The van der Waals surface area contributed by atoms with Gasteiger partial charge in [0.2, 0.25) is 10.3 Å². The molecule has 0 unspecified atom stereocenters. The number of nitrogens with one attached hydrogen (secondary N) is 2. The van der Waals surface area contributed by atoms with E-state index in [0.717, 1.165) is 42.8 Å². The van der Waals surface area contributed by atoms with E-state index in [1.165, 1.54) is 22.7 Å². The molecule has 146 valence electrons. The van der Waals surface area contributed by atoms with Crippen LogP contribution in [0.25, 0.3) is 21.1 Å². The fourth-order valence-corrected chi connectivity index (χ4v) is 4.36. The lowest BCUT2D eigenvalue weighted by Gasteiger charge is -2.00. The molecular weight excluding hydrogens is 412 g/mol. The van der Waals surface area contributed by atoms with Crippen LogP contribution in [0.4, 0.5) is 21.6 Å². The maximum absolute atomic E-state index is 4.31. The van der Waals surface area contributed by atoms with Crippen molar-refractivity contribution in [3.63, 3.8) is 0 Å². The van der Waals surface area contributed by atoms with E-state index in [1.54, 1.807) is 0 Å². The maximum atomic E-state index is 4.31. The predicted octanol–water partition coefficient (Wildman–Crippen LogP) is 6.21. The van der Waals surface area contributed by atoms with Crippen LogP contribution in [-0.2, 0) is 0 Å². The number of rotatable bonds is 6. The Morgan fingerprint density at radius 3 is 1.27 bits per heavy atom. The van der Waals surface area contributed by atoms with Crippen molar-refractivity contribution < 1.29 is 0 Å². The Labute approximate surface area is 181 Å². The summed E-state index contributed by atoms with van der Waals surface area (Å²) >= 11 is 3.04. The van der Waals surface area contributed by atoms with Gasteiger partial charge in [-0.15, -0.1) is 20.4 Å². The van der Waals surface area contributed by atoms with E-state index in [4.69, 9.17) is 0 Å². The number of anilines is 4. The standard InChI is InChI=1S/C22H16N6S2/c1-3-7-17(8-4-1)23-21-27-25-19(29-21)15-11-13-16(14-12-15)20-26-28-22(30-20)24-18-9-5-2-6-10-18/h1-14H,(H,23,27)(H,24,28). The third-order valence-electron chi connectivity index (χ3n) is 4.28. The first-order chi connectivity index (χ1) is 14.8. The second-order valence-electron chi connectivity index (χ2n) is 6.38. The summed E-state index contributed by atoms with van der Waals surface area (Å²) in [7, 11) is 0. The van der Waals surface area contributed by atoms with E-state index < -0.39 is 0 Å². The smallest absolute Gasteiger partial charge is 0.210 e. The molecule has 2 heterocycles. The van der Waals surface area contributed by atoms with Crippen molar-refractivity contribution in [1.29, 1.82) is 0 Å². The van der Waals surface area contributed by atoms with E-state index in [2.05, 4.69) is 31.0 Å². The Balaban J connectivity index is 1.29. The van der Waals surface area contributed by atoms with Crippen molar-refractivity contribution in [2.45, 2.75) is 0 Å². The normalized spacial score (nSPS) is 10.7. The van der Waals surface area contributed by atoms with E-state index in [0.29, 0.717) is 0 Å². The number of para-hydroxylation sites is 2. The van der Waals surface area contributed by atoms with E-state index in [1.807, 2.05) is 84.9 Å². The average molecular weight is 429 g/mol. The molecule has 0 amide bonds. The van der Waals surface area contributed by atoms with E-state index in [-0.39, 0.29) is 0 Å². The third kappa shape index (κ3) is 4.19. The zero-order valence-electron chi connectivity index (χ0n) is 15.7. The number of benzene rings is 3. The van der Waals surface area contributed by atoms with Gasteiger partial charge < -0.3 is 10.6 Å². The van der Waals surface area contributed by atoms with Gasteiger partial charge in [0.15, 0.2) is 0 Å². The molecule has 8 heteroatoms. The molecule has 0 aliphatic heterocycles. The lowest BCUT2D eigenvalue weighted by Crippen LogP contribution is -1.87. The number of nitrogens with zero attached hydrogens (tertiary/aromatic N) is 4. The average Bonchev–Trinajstić information content (AvgIpc) is 3.45. The van der Waals surface area contributed by atoms with Crippen molar-refractivity contribution in [3.05, 3.63) is 84.9 Å². The van der Waals surface area contributed by atoms with Crippen molar-refractivity contribution in [1.82, 2.24) is 20.4 Å². The van der Waals surface area contributed by atoms with Gasteiger partial charge in [0.05, 0.1) is 0 Å². The molecule has 0 fully saturated rings. The van der Waals surface area contributed by atoms with Crippen LogP contribution in [0.5, 0.6) is 0 Å². The Hall–Kier alpha value is -3.62. The Morgan fingerprint density at radius 2 is 0.867 bits per heavy atom. The van der Waals surface area contributed by atoms with Crippen molar-refractivity contribution in [2.24, 2.45) is 0 Å². The highest BCUT2D eigenvalue weighted by atomic mass is 32.1. The lowest BCUT2D eigenvalue weighted by molar-refractivity contribution is 1.09. The molecule has 0 aliphatic rings. The second kappa shape index (κ2) is 8.40. The fraction of sp³-hybridized carbons (Fsp3) is 0. The molecule has 6 nitrogen and oxygen atoms in total. The monoisotopic (exact) mass is 428 g/mol. The molecule has 2 N–H and O–H groups in total. The summed E-state index contributed by atoms with van der Waals surface area (Å²) in [4.78, 5) is 0. The first-order valence-corrected chi connectivity index (χ1v) is 10.9. The van der Waals surface area contributed by atoms with Gasteiger partial charge in [0.25, 0.3) is 0 Å². The molecular formula is C22H16N6S2. The molecule has 0 bridgehead atoms. The molecule has 5 aromatic rings. The van der Waals surface area contributed by atoms with Crippen LogP contribution in [0.2, 0.25) is 0 Å². The predicted molar refractivity (Wildman–Crippen MR) is 124 cm³/mol. The van der Waals surface area contributed by atoms with E-state index in [9.17, 15) is 0 Å². The van der Waals surface area contributed by atoms with Crippen LogP contribution in [0, 0.1) is 0 Å². The van der Waals surface area contributed by atoms with Crippen LogP contribution in [-0.4, -0.2) is 20.4 Å². The van der Waals surface area contributed by atoms with Gasteiger partial charge in [-0.1, -0.05) is 83.3 Å². The third-order valence-corrected chi connectivity index (χ3v) is 6.05. The molecule has 0 atom stereocenters. The van der Waals surface area contributed by atoms with Gasteiger partial charge in [-0.2, -0.15) is 0 Å². The molecule has 2 aromatic heterocycles. The highest BCUT2D eigenvalue weighted by Crippen LogP contribution is 2.32. The van der Waals surface area contributed by atoms with Gasteiger partial charge in [0.1, 0.15) is 10.0 Å². The number of hydrogen-bond acceptors (Lipinski definition) is 8. The van der Waals surface area contributed by atoms with Crippen molar-refractivity contribution in [2.75, 3.05) is 10.6 Å². The topological polar surface area (TPSA) is 75.6 Å². The van der Waals surface area contributed by atoms with Gasteiger partial charge in [0, 0.05) is 22.5 Å². The van der Waals surface area contributed by atoms with Crippen molar-refractivity contribution >= 4 is 44.3 Å². The van der Waals surface area contributed by atoms with Gasteiger partial charge in [-0.3, -0.25) is 0 Å². The summed E-state index contributed by atoms with van der Waals surface area (Å²) in [5.41, 5.74) is 4.02. The minimum absolute atomic E-state index is 0.765. The molecule has 0 radical (unpaired) electrons. The van der Waals surface area contributed by atoms with Crippen LogP contribution < -0.4 is 10.6 Å². The quantitative estimate of drug-likeness (QED) is 0.335. The first kappa shape index (κ1) is 18.4. The summed E-state index contributed by atoms with van der Waals surface area (Å²) in [5, 5.41) is 26.9. The summed E-state index contributed by atoms with van der Waals surface area (Å²) < 4.78 is 0. The lowest BCUT2D eigenvalue weighted by atomic mass is 10.1. The zero-order chi connectivity index (χ0) is 20.2.